The number of anilines is 3. The normalized spacial score (nSPS) is 20.6. The van der Waals surface area contributed by atoms with Gasteiger partial charge >= 0.3 is 0 Å². The van der Waals surface area contributed by atoms with Crippen LogP contribution in [0.4, 0.5) is 17.8 Å². The van der Waals surface area contributed by atoms with Gasteiger partial charge in [-0.15, -0.1) is 0 Å². The Labute approximate surface area is 623 Å². The monoisotopic (exact) mass is 1570 g/mol. The fourth-order valence-corrected chi connectivity index (χ4v) is 14.3. The van der Waals surface area contributed by atoms with Gasteiger partial charge in [-0.2, -0.15) is 20.2 Å². The van der Waals surface area contributed by atoms with Gasteiger partial charge in [-0.25, -0.2) is 4.67 Å². The predicted octanol–water partition coefficient (Wildman–Crippen LogP) is 10.8. The predicted molar refractivity (Wildman–Crippen MR) is 407 cm³/mol. The zero-order valence-corrected chi connectivity index (χ0v) is 65.1. The Morgan fingerprint density at radius 3 is 1.32 bits per heavy atom. The minimum absolute atomic E-state index is 0.0437. The Morgan fingerprint density at radius 2 is 0.962 bits per heavy atom. The third-order valence-corrected chi connectivity index (χ3v) is 20.4. The molecule has 10 atom stereocenters. The van der Waals surface area contributed by atoms with Gasteiger partial charge in [0.05, 0.1) is 83.0 Å². The molecule has 3 aliphatic rings. The first-order chi connectivity index (χ1) is 49.6. The molecule has 29 nitrogen and oxygen atoms in total. The molecule has 0 aromatic carbocycles. The molecule has 4 unspecified atom stereocenters. The Balaban J connectivity index is 0.000000190. The minimum atomic E-state index is -1.49. The second kappa shape index (κ2) is 34.3. The first-order valence-corrected chi connectivity index (χ1v) is 37.3. The number of nitrogens with zero attached hydrogens (tertiary/aromatic N) is 10. The molecule has 105 heavy (non-hydrogen) atoms. The van der Waals surface area contributed by atoms with Crippen LogP contribution in [0.2, 0.25) is 0 Å². The van der Waals surface area contributed by atoms with E-state index in [4.69, 9.17) is 28.5 Å². The van der Waals surface area contributed by atoms with Gasteiger partial charge in [0.2, 0.25) is 35.6 Å². The fourth-order valence-electron chi connectivity index (χ4n) is 11.7. The highest BCUT2D eigenvalue weighted by atomic mass is 127. The molecule has 0 spiro atoms. The number of ether oxygens (including phenoxy) is 3. The lowest BCUT2D eigenvalue weighted by Crippen LogP contribution is -2.35. The smallest absolute Gasteiger partial charge is 0.263 e. The van der Waals surface area contributed by atoms with E-state index in [9.17, 15) is 39.0 Å². The number of carbonyl (C=O) groups excluding carboxylic acids is 3. The number of aromatic amines is 3. The van der Waals surface area contributed by atoms with E-state index in [0.29, 0.717) is 82.8 Å². The zero-order valence-electron chi connectivity index (χ0n) is 62.0. The highest BCUT2D eigenvalue weighted by Gasteiger charge is 2.42. The van der Waals surface area contributed by atoms with Crippen LogP contribution >= 0.6 is 31.1 Å². The van der Waals surface area contributed by atoms with Crippen molar-refractivity contribution in [2.24, 2.45) is 16.2 Å². The molecule has 8 N–H and O–H groups in total. The molecule has 3 amide bonds. The lowest BCUT2D eigenvalue weighted by atomic mass is 9.96. The maximum atomic E-state index is 13.5. The average Bonchev–Trinajstić information content (AvgIpc) is 1.63. The summed E-state index contributed by atoms with van der Waals surface area (Å²) in [5, 5.41) is 38.7. The van der Waals surface area contributed by atoms with Crippen LogP contribution in [0.15, 0.2) is 82.0 Å². The first-order valence-electron chi connectivity index (χ1n) is 35.1. The van der Waals surface area contributed by atoms with Crippen molar-refractivity contribution >= 4 is 99.8 Å². The number of halogens is 1. The maximum Gasteiger partial charge on any atom is 0.263 e. The number of aromatic nitrogens is 11. The van der Waals surface area contributed by atoms with Gasteiger partial charge in [-0.3, -0.25) is 69.6 Å². The van der Waals surface area contributed by atoms with E-state index in [1.807, 2.05) is 20.8 Å². The number of hydrogen-bond acceptors (Lipinski definition) is 20. The molecule has 560 valence electrons. The summed E-state index contributed by atoms with van der Waals surface area (Å²) in [4.78, 5) is 106. The molecule has 3 aliphatic heterocycles. The molecule has 8 aromatic rings. The second-order valence-electron chi connectivity index (χ2n) is 29.4. The molecule has 31 heteroatoms. The number of amides is 3. The van der Waals surface area contributed by atoms with E-state index in [-0.39, 0.29) is 90.7 Å². The van der Waals surface area contributed by atoms with E-state index in [1.54, 1.807) is 144 Å². The lowest BCUT2D eigenvalue weighted by Gasteiger charge is -2.37. The van der Waals surface area contributed by atoms with Crippen molar-refractivity contribution in [3.05, 3.63) is 125 Å². The quantitative estimate of drug-likeness (QED) is 0.0182. The summed E-state index contributed by atoms with van der Waals surface area (Å²) >= 11 is 2.07. The van der Waals surface area contributed by atoms with Crippen LogP contribution in [-0.4, -0.2) is 141 Å². The number of fused-ring (bicyclic) bond motifs is 3. The number of nitriles is 1. The Kier molecular flexibility index (Phi) is 26.3. The molecule has 8 aromatic heterocycles. The van der Waals surface area contributed by atoms with E-state index < -0.39 is 66.8 Å². The molecule has 0 aliphatic carbocycles. The molecular formula is C74H94IN16O13P. The van der Waals surface area contributed by atoms with Crippen molar-refractivity contribution in [3.8, 4) is 29.8 Å². The molecule has 0 saturated carbocycles. The number of carbonyl (C=O) groups is 3. The molecule has 3 fully saturated rings. The zero-order chi connectivity index (χ0) is 76.6. The van der Waals surface area contributed by atoms with Crippen molar-refractivity contribution in [1.29, 1.82) is 5.26 Å². The fraction of sp³-hybridized carbons (Fsp3) is 0.514. The number of aliphatic hydroxyl groups excluding tert-OH is 2. The van der Waals surface area contributed by atoms with Gasteiger partial charge in [-0.05, 0) is 93.8 Å². The molecule has 11 heterocycles. The summed E-state index contributed by atoms with van der Waals surface area (Å²) in [6.07, 6.45) is 11.7. The number of H-pyrrole nitrogens is 3. The van der Waals surface area contributed by atoms with Crippen molar-refractivity contribution in [3.63, 3.8) is 0 Å². The second-order valence-corrected chi connectivity index (χ2v) is 31.9. The third kappa shape index (κ3) is 19.5. The Bertz CT molecular complexity index is 4780. The number of aliphatic hydroxyl groups is 2. The van der Waals surface area contributed by atoms with E-state index in [0.717, 1.165) is 14.7 Å². The number of pyridine rings is 2. The van der Waals surface area contributed by atoms with Gasteiger partial charge in [-0.1, -0.05) is 107 Å². The van der Waals surface area contributed by atoms with Gasteiger partial charge in [0.1, 0.15) is 18.7 Å². The molecule has 11 rings (SSSR count). The van der Waals surface area contributed by atoms with Gasteiger partial charge < -0.3 is 47.2 Å². The Hall–Kier alpha value is -8.58. The summed E-state index contributed by atoms with van der Waals surface area (Å²) in [5.74, 6) is 11.7. The van der Waals surface area contributed by atoms with Crippen molar-refractivity contribution in [2.75, 3.05) is 22.6 Å². The summed E-state index contributed by atoms with van der Waals surface area (Å²) in [6.45, 7) is 30.6. The van der Waals surface area contributed by atoms with Crippen molar-refractivity contribution in [2.45, 2.75) is 223 Å². The van der Waals surface area contributed by atoms with Crippen LogP contribution in [0.3, 0.4) is 0 Å². The average molecular weight is 1570 g/mol. The van der Waals surface area contributed by atoms with Gasteiger partial charge in [0.25, 0.3) is 25.2 Å². The highest BCUT2D eigenvalue weighted by molar-refractivity contribution is 14.1. The molecular weight excluding hydrogens is 1480 g/mol. The van der Waals surface area contributed by atoms with Crippen molar-refractivity contribution < 1.29 is 47.9 Å². The minimum Gasteiger partial charge on any atom is -0.390 e. The van der Waals surface area contributed by atoms with Crippen LogP contribution in [0.5, 0.6) is 0 Å². The standard InChI is InChI=1S/C33H44N7O5P.C24H27N5O4.C17H23IN4O4/c1-9-25-26(45-46(43-18-10-15-34)40(21(2)3)22(4)5)19-27(44-25)39-20-24(12-11-23-13-16-35-17-14-23)28-29(39)36-32(37-30(28)41)38-31(42)33(6,7)8;1-5-17-16(30)12-18(33-17)29-13-15(7-6-14-8-10-25-11-9-14)19-20(29)26-23(27-21(19)31)28-22(32)24(2,3)4;1-5-10-9(23)6-11(26-10)22-7-8(18)12-13(22)19-16(20-14(12)24)21-15(25)17(2,3)4/h13-14,16-17,20-22,25-27H,9-10,18-19H2,1-8H3,(H2,36,37,38,41,42);8-11,13,16-18,30H,5,12H2,1-4H3,(H2,26,27,28,31,32);7,9-11,23H,5-6H2,1-4H3,(H2,19,20,21,24,25)/t25-,26?,27-,46?;16?,17-,18-;9?,10-,11-/m111/s1. The largest absolute Gasteiger partial charge is 0.390 e. The van der Waals surface area contributed by atoms with E-state index in [1.165, 1.54) is 0 Å². The summed E-state index contributed by atoms with van der Waals surface area (Å²) in [5.41, 5.74) is 0.393. The van der Waals surface area contributed by atoms with E-state index in [2.05, 4.69) is 141 Å². The van der Waals surface area contributed by atoms with Crippen LogP contribution in [0.25, 0.3) is 33.1 Å². The molecule has 0 radical (unpaired) electrons. The van der Waals surface area contributed by atoms with Crippen molar-refractivity contribution in [1.82, 2.24) is 58.2 Å². The Morgan fingerprint density at radius 1 is 0.600 bits per heavy atom. The highest BCUT2D eigenvalue weighted by Crippen LogP contribution is 2.51. The summed E-state index contributed by atoms with van der Waals surface area (Å²) < 4.78 is 39.6. The van der Waals surface area contributed by atoms with Crippen LogP contribution in [-0.2, 0) is 37.6 Å². The SMILES string of the molecule is CC[C@H]1O[C@@H](n2cc(C#Cc3ccncc3)c3c(=O)[nH]c(NC(=O)C(C)(C)C)nc32)CC1O.CC[C@H]1O[C@@H](n2cc(C#Cc3ccncc3)c3c(=O)[nH]c(NC(=O)C(C)(C)C)nc32)CC1OP(OCCC#N)N(C(C)C)C(C)C.CC[C@H]1O[C@@H](n2cc(I)c3c(=O)[nH]c(NC(=O)C(C)(C)C)nc32)CC1O. The molecule has 3 saturated heterocycles. The molecule has 0 bridgehead atoms. The first kappa shape index (κ1) is 80.5. The summed E-state index contributed by atoms with van der Waals surface area (Å²) in [7, 11) is -1.49. The maximum absolute atomic E-state index is 13.5. The van der Waals surface area contributed by atoms with Gasteiger partial charge in [0.15, 0.2) is 16.9 Å². The lowest BCUT2D eigenvalue weighted by molar-refractivity contribution is -0.123. The van der Waals surface area contributed by atoms with E-state index >= 15 is 0 Å². The van der Waals surface area contributed by atoms with Gasteiger partial charge in [0, 0.05) is 106 Å². The van der Waals surface area contributed by atoms with Crippen LogP contribution in [0, 0.1) is 54.8 Å². The number of nitrogens with one attached hydrogen (secondary N) is 6. The number of rotatable bonds is 17. The topological polar surface area (TPSA) is 379 Å². The summed E-state index contributed by atoms with van der Waals surface area (Å²) in [6, 6.07) is 9.57. The number of hydrogen-bond donors (Lipinski definition) is 8. The van der Waals surface area contributed by atoms with Crippen LogP contribution < -0.4 is 32.6 Å². The van der Waals surface area contributed by atoms with Crippen LogP contribution in [0.1, 0.15) is 197 Å². The third-order valence-electron chi connectivity index (χ3n) is 17.4.